The van der Waals surface area contributed by atoms with Crippen LogP contribution in [0.25, 0.3) is 0 Å². The Kier molecular flexibility index (Phi) is 2.88. The lowest BCUT2D eigenvalue weighted by atomic mass is 9.65. The maximum atomic E-state index is 13.8. The fourth-order valence-electron chi connectivity index (χ4n) is 3.07. The molecule has 1 unspecified atom stereocenters. The summed E-state index contributed by atoms with van der Waals surface area (Å²) in [5.74, 6) is -0.0451. The number of rotatable bonds is 2. The molecule has 2 rings (SSSR count). The van der Waals surface area contributed by atoms with Crippen LogP contribution in [0, 0.1) is 5.82 Å². The van der Waals surface area contributed by atoms with E-state index in [4.69, 9.17) is 0 Å². The highest BCUT2D eigenvalue weighted by atomic mass is 19.1. The van der Waals surface area contributed by atoms with Crippen LogP contribution in [0.4, 0.5) is 4.39 Å². The fourth-order valence-corrected chi connectivity index (χ4v) is 3.07. The summed E-state index contributed by atoms with van der Waals surface area (Å²) < 4.78 is 13.8. The van der Waals surface area contributed by atoms with Crippen molar-refractivity contribution < 1.29 is 4.39 Å². The van der Waals surface area contributed by atoms with Crippen molar-refractivity contribution in [3.63, 3.8) is 0 Å². The molecule has 0 aliphatic heterocycles. The molecule has 0 heterocycles. The number of halogens is 1. The quantitative estimate of drug-likeness (QED) is 0.646. The molecule has 1 aromatic rings. The Morgan fingerprint density at radius 2 is 2.25 bits per heavy atom. The minimum atomic E-state index is -0.0451. The minimum Gasteiger partial charge on any atom is -0.207 e. The molecular formula is C15H19F. The lowest BCUT2D eigenvalue weighted by molar-refractivity contribution is 0.398. The van der Waals surface area contributed by atoms with Crippen LogP contribution in [0.2, 0.25) is 0 Å². The second kappa shape index (κ2) is 4.04. The maximum absolute atomic E-state index is 13.8. The maximum Gasteiger partial charge on any atom is 0.126 e. The number of benzene rings is 1. The zero-order valence-electron chi connectivity index (χ0n) is 10.1. The minimum absolute atomic E-state index is 0.00961. The van der Waals surface area contributed by atoms with Gasteiger partial charge in [-0.2, -0.15) is 0 Å². The predicted molar refractivity (Wildman–Crippen MR) is 66.1 cm³/mol. The van der Waals surface area contributed by atoms with E-state index in [0.717, 1.165) is 31.2 Å². The van der Waals surface area contributed by atoms with E-state index in [1.54, 1.807) is 6.07 Å². The van der Waals surface area contributed by atoms with Gasteiger partial charge in [-0.05, 0) is 49.8 Å². The summed E-state index contributed by atoms with van der Waals surface area (Å²) in [6.45, 7) is 8.38. The van der Waals surface area contributed by atoms with Crippen LogP contribution in [-0.2, 0) is 11.8 Å². The van der Waals surface area contributed by atoms with E-state index in [2.05, 4.69) is 26.5 Å². The fraction of sp³-hybridized carbons (Fsp3) is 0.467. The summed E-state index contributed by atoms with van der Waals surface area (Å²) in [7, 11) is 0. The third-order valence-corrected chi connectivity index (χ3v) is 4.09. The summed E-state index contributed by atoms with van der Waals surface area (Å²) in [6, 6.07) is 5.48. The van der Waals surface area contributed by atoms with E-state index in [9.17, 15) is 4.39 Å². The summed E-state index contributed by atoms with van der Waals surface area (Å²) in [4.78, 5) is 0. The van der Waals surface area contributed by atoms with Crippen LogP contribution in [0.3, 0.4) is 0 Å². The van der Waals surface area contributed by atoms with Gasteiger partial charge in [-0.15, -0.1) is 0 Å². The van der Waals surface area contributed by atoms with Crippen molar-refractivity contribution in [2.75, 3.05) is 0 Å². The van der Waals surface area contributed by atoms with E-state index in [1.165, 1.54) is 11.1 Å². The Hall–Kier alpha value is -1.11. The van der Waals surface area contributed by atoms with Crippen molar-refractivity contribution in [1.29, 1.82) is 0 Å². The molecule has 1 aliphatic carbocycles. The number of fused-ring (bicyclic) bond motifs is 1. The summed E-state index contributed by atoms with van der Waals surface area (Å²) in [5.41, 5.74) is 3.27. The van der Waals surface area contributed by atoms with Crippen LogP contribution in [0.15, 0.2) is 30.4 Å². The van der Waals surface area contributed by atoms with Crippen LogP contribution in [0.5, 0.6) is 0 Å². The standard InChI is InChI=1S/C15H19F/c1-4-15(11(2)3)10-6-7-12-13(15)8-5-9-14(12)16/h5,8-9H,2,4,6-7,10H2,1,3H3. The van der Waals surface area contributed by atoms with Crippen molar-refractivity contribution in [3.8, 4) is 0 Å². The van der Waals surface area contributed by atoms with Gasteiger partial charge in [-0.3, -0.25) is 0 Å². The average molecular weight is 218 g/mol. The smallest absolute Gasteiger partial charge is 0.126 e. The molecule has 0 saturated carbocycles. The van der Waals surface area contributed by atoms with Gasteiger partial charge in [-0.1, -0.05) is 31.2 Å². The third-order valence-electron chi connectivity index (χ3n) is 4.09. The van der Waals surface area contributed by atoms with Crippen LogP contribution in [0.1, 0.15) is 44.2 Å². The molecule has 0 radical (unpaired) electrons. The normalized spacial score (nSPS) is 23.9. The topological polar surface area (TPSA) is 0 Å². The molecule has 16 heavy (non-hydrogen) atoms. The van der Waals surface area contributed by atoms with E-state index in [0.29, 0.717) is 0 Å². The molecule has 0 nitrogen and oxygen atoms in total. The number of hydrogen-bond acceptors (Lipinski definition) is 0. The molecule has 86 valence electrons. The van der Waals surface area contributed by atoms with Crippen molar-refractivity contribution in [2.45, 2.75) is 44.9 Å². The molecule has 0 bridgehead atoms. The molecule has 0 spiro atoms. The third kappa shape index (κ3) is 1.50. The molecule has 0 N–H and O–H groups in total. The zero-order valence-corrected chi connectivity index (χ0v) is 10.1. The van der Waals surface area contributed by atoms with Crippen molar-refractivity contribution in [1.82, 2.24) is 0 Å². The van der Waals surface area contributed by atoms with Gasteiger partial charge >= 0.3 is 0 Å². The first-order valence-electron chi connectivity index (χ1n) is 6.05. The van der Waals surface area contributed by atoms with Gasteiger partial charge in [0.25, 0.3) is 0 Å². The monoisotopic (exact) mass is 218 g/mol. The van der Waals surface area contributed by atoms with E-state index in [1.807, 2.05) is 6.07 Å². The molecule has 0 saturated heterocycles. The lowest BCUT2D eigenvalue weighted by Crippen LogP contribution is -2.31. The Morgan fingerprint density at radius 3 is 2.88 bits per heavy atom. The first kappa shape index (κ1) is 11.4. The van der Waals surface area contributed by atoms with Crippen LogP contribution in [-0.4, -0.2) is 0 Å². The molecule has 0 aromatic heterocycles. The lowest BCUT2D eigenvalue weighted by Gasteiger charge is -2.39. The molecule has 1 heteroatoms. The average Bonchev–Trinajstić information content (AvgIpc) is 2.28. The van der Waals surface area contributed by atoms with Gasteiger partial charge < -0.3 is 0 Å². The highest BCUT2D eigenvalue weighted by Crippen LogP contribution is 2.45. The Labute approximate surface area is 97.2 Å². The van der Waals surface area contributed by atoms with Gasteiger partial charge in [0.1, 0.15) is 5.82 Å². The van der Waals surface area contributed by atoms with Gasteiger partial charge in [-0.25, -0.2) is 4.39 Å². The SMILES string of the molecule is C=C(C)C1(CC)CCCc2c(F)cccc21. The number of hydrogen-bond donors (Lipinski definition) is 0. The Morgan fingerprint density at radius 1 is 1.50 bits per heavy atom. The Bertz CT molecular complexity index is 419. The van der Waals surface area contributed by atoms with Crippen molar-refractivity contribution >= 4 is 0 Å². The van der Waals surface area contributed by atoms with Crippen LogP contribution >= 0.6 is 0 Å². The second-order valence-corrected chi connectivity index (χ2v) is 4.84. The molecular weight excluding hydrogens is 199 g/mol. The molecule has 0 amide bonds. The van der Waals surface area contributed by atoms with Gasteiger partial charge in [0, 0.05) is 5.41 Å². The second-order valence-electron chi connectivity index (χ2n) is 4.84. The summed E-state index contributed by atoms with van der Waals surface area (Å²) in [6.07, 6.45) is 4.06. The van der Waals surface area contributed by atoms with Crippen molar-refractivity contribution in [2.24, 2.45) is 0 Å². The Balaban J connectivity index is 2.63. The van der Waals surface area contributed by atoms with E-state index >= 15 is 0 Å². The molecule has 1 aromatic carbocycles. The highest BCUT2D eigenvalue weighted by molar-refractivity contribution is 5.43. The highest BCUT2D eigenvalue weighted by Gasteiger charge is 2.36. The van der Waals surface area contributed by atoms with E-state index in [-0.39, 0.29) is 11.2 Å². The van der Waals surface area contributed by atoms with Crippen LogP contribution < -0.4 is 0 Å². The predicted octanol–water partition coefficient (Wildman–Crippen LogP) is 4.39. The molecule has 1 atom stereocenters. The van der Waals surface area contributed by atoms with Gasteiger partial charge in [0.15, 0.2) is 0 Å². The summed E-state index contributed by atoms with van der Waals surface area (Å²) in [5, 5.41) is 0. The largest absolute Gasteiger partial charge is 0.207 e. The van der Waals surface area contributed by atoms with E-state index < -0.39 is 0 Å². The summed E-state index contributed by atoms with van der Waals surface area (Å²) >= 11 is 0. The number of allylic oxidation sites excluding steroid dienone is 1. The zero-order chi connectivity index (χ0) is 11.8. The van der Waals surface area contributed by atoms with Gasteiger partial charge in [0.05, 0.1) is 0 Å². The first-order valence-corrected chi connectivity index (χ1v) is 6.05. The molecule has 0 fully saturated rings. The first-order chi connectivity index (χ1) is 7.62. The van der Waals surface area contributed by atoms with Gasteiger partial charge in [0.2, 0.25) is 0 Å². The van der Waals surface area contributed by atoms with Crippen molar-refractivity contribution in [3.05, 3.63) is 47.3 Å². The molecule has 1 aliphatic rings.